The first-order chi connectivity index (χ1) is 15.1. The van der Waals surface area contributed by atoms with Gasteiger partial charge in [-0.05, 0) is 98.7 Å². The molecule has 178 valence electrons. The van der Waals surface area contributed by atoms with Crippen molar-refractivity contribution < 1.29 is 14.4 Å². The zero-order valence-electron chi connectivity index (χ0n) is 20.2. The van der Waals surface area contributed by atoms with E-state index in [4.69, 9.17) is 0 Å². The minimum absolute atomic E-state index is 0.150. The minimum atomic E-state index is -0.794. The van der Waals surface area contributed by atoms with Crippen LogP contribution in [0, 0.1) is 34.5 Å². The topological polar surface area (TPSA) is 78.5 Å². The lowest BCUT2D eigenvalue weighted by Gasteiger charge is -2.56. The maximum atomic E-state index is 13.2. The predicted molar refractivity (Wildman–Crippen MR) is 123 cm³/mol. The van der Waals surface area contributed by atoms with Crippen molar-refractivity contribution in [3.05, 3.63) is 0 Å². The van der Waals surface area contributed by atoms with E-state index in [1.165, 1.54) is 43.4 Å². The molecule has 6 heteroatoms. The third-order valence-corrected chi connectivity index (χ3v) is 10.2. The van der Waals surface area contributed by atoms with Crippen LogP contribution in [0.5, 0.6) is 0 Å². The van der Waals surface area contributed by atoms with Crippen molar-refractivity contribution in [3.8, 4) is 0 Å². The molecule has 0 radical (unpaired) electrons. The fourth-order valence-electron chi connectivity index (χ4n) is 8.33. The van der Waals surface area contributed by atoms with Gasteiger partial charge in [0.15, 0.2) is 0 Å². The summed E-state index contributed by atoms with van der Waals surface area (Å²) in [4.78, 5) is 39.9. The highest BCUT2D eigenvalue weighted by atomic mass is 16.2. The summed E-state index contributed by atoms with van der Waals surface area (Å²) in [7, 11) is 0. The molecule has 6 fully saturated rings. The smallest absolute Gasteiger partial charge is 0.325 e. The van der Waals surface area contributed by atoms with Gasteiger partial charge >= 0.3 is 6.03 Å². The molecule has 6 aliphatic rings. The summed E-state index contributed by atoms with van der Waals surface area (Å²) in [6.07, 6.45) is 12.2. The van der Waals surface area contributed by atoms with E-state index in [2.05, 4.69) is 31.4 Å². The number of urea groups is 1. The molecule has 0 unspecified atom stereocenters. The van der Waals surface area contributed by atoms with Crippen molar-refractivity contribution >= 4 is 17.8 Å². The Morgan fingerprint density at radius 3 is 2.16 bits per heavy atom. The molecule has 0 aromatic carbocycles. The Hall–Kier alpha value is -1.59. The largest absolute Gasteiger partial charge is 0.354 e. The number of hydrogen-bond donors (Lipinski definition) is 2. The van der Waals surface area contributed by atoms with Gasteiger partial charge in [-0.2, -0.15) is 0 Å². The van der Waals surface area contributed by atoms with E-state index in [1.54, 1.807) is 0 Å². The number of nitrogens with zero attached hydrogens (tertiary/aromatic N) is 1. The van der Waals surface area contributed by atoms with Gasteiger partial charge in [-0.25, -0.2) is 4.79 Å². The van der Waals surface area contributed by atoms with Gasteiger partial charge in [-0.1, -0.05) is 27.2 Å². The molecule has 4 amide bonds. The summed E-state index contributed by atoms with van der Waals surface area (Å²) in [6, 6.07) is -0.395. The molecule has 1 saturated heterocycles. The van der Waals surface area contributed by atoms with Crippen LogP contribution in [0.2, 0.25) is 0 Å². The molecule has 0 aromatic rings. The summed E-state index contributed by atoms with van der Waals surface area (Å²) < 4.78 is 0. The Bertz CT molecular complexity index is 761. The lowest BCUT2D eigenvalue weighted by atomic mass is 9.49. The molecule has 6 nitrogen and oxygen atoms in total. The van der Waals surface area contributed by atoms with Crippen LogP contribution in [0.25, 0.3) is 0 Å². The van der Waals surface area contributed by atoms with Gasteiger partial charge in [0.05, 0.1) is 0 Å². The van der Waals surface area contributed by atoms with Crippen LogP contribution in [0.3, 0.4) is 0 Å². The molecule has 1 spiro atoms. The zero-order chi connectivity index (χ0) is 22.7. The van der Waals surface area contributed by atoms with Gasteiger partial charge in [0.2, 0.25) is 5.91 Å². The van der Waals surface area contributed by atoms with Crippen molar-refractivity contribution in [3.63, 3.8) is 0 Å². The van der Waals surface area contributed by atoms with Crippen LogP contribution < -0.4 is 10.6 Å². The second-order valence-corrected chi connectivity index (χ2v) is 12.7. The molecule has 0 aromatic heterocycles. The Balaban J connectivity index is 1.16. The molecule has 0 atom stereocenters. The molecular formula is C26H41N3O3. The highest BCUT2D eigenvalue weighted by Crippen LogP contribution is 2.59. The fraction of sp³-hybridized carbons (Fsp3) is 0.885. The monoisotopic (exact) mass is 443 g/mol. The highest BCUT2D eigenvalue weighted by Gasteiger charge is 2.54. The lowest BCUT2D eigenvalue weighted by Crippen LogP contribution is -2.53. The number of carbonyl (C=O) groups is 3. The van der Waals surface area contributed by atoms with Crippen molar-refractivity contribution in [1.82, 2.24) is 15.5 Å². The molecule has 32 heavy (non-hydrogen) atoms. The first-order valence-electron chi connectivity index (χ1n) is 13.0. The molecule has 1 heterocycles. The van der Waals surface area contributed by atoms with Crippen molar-refractivity contribution in [2.75, 3.05) is 13.1 Å². The first kappa shape index (κ1) is 22.2. The Morgan fingerprint density at radius 1 is 1.06 bits per heavy atom. The molecule has 6 rings (SSSR count). The van der Waals surface area contributed by atoms with Gasteiger partial charge in [-0.15, -0.1) is 0 Å². The normalized spacial score (nSPS) is 40.8. The average Bonchev–Trinajstić information content (AvgIpc) is 2.96. The van der Waals surface area contributed by atoms with E-state index in [0.29, 0.717) is 25.3 Å². The molecule has 5 saturated carbocycles. The van der Waals surface area contributed by atoms with Gasteiger partial charge in [-0.3, -0.25) is 14.5 Å². The van der Waals surface area contributed by atoms with Gasteiger partial charge in [0.1, 0.15) is 12.1 Å². The number of carbonyl (C=O) groups excluding carboxylic acids is 3. The average molecular weight is 444 g/mol. The number of hydrogen-bond acceptors (Lipinski definition) is 3. The van der Waals surface area contributed by atoms with E-state index in [1.807, 2.05) is 0 Å². The number of rotatable bonds is 6. The third-order valence-electron chi connectivity index (χ3n) is 10.2. The van der Waals surface area contributed by atoms with Crippen molar-refractivity contribution in [1.29, 1.82) is 0 Å². The summed E-state index contributed by atoms with van der Waals surface area (Å²) in [5, 5.41) is 6.09. The van der Waals surface area contributed by atoms with E-state index in [9.17, 15) is 14.4 Å². The molecule has 5 aliphatic carbocycles. The molecule has 2 N–H and O–H groups in total. The lowest BCUT2D eigenvalue weighted by molar-refractivity contribution is -0.136. The van der Waals surface area contributed by atoms with Crippen LogP contribution in [-0.4, -0.2) is 41.4 Å². The minimum Gasteiger partial charge on any atom is -0.354 e. The van der Waals surface area contributed by atoms with Crippen LogP contribution in [-0.2, 0) is 9.59 Å². The van der Waals surface area contributed by atoms with Gasteiger partial charge in [0, 0.05) is 6.54 Å². The highest BCUT2D eigenvalue weighted by molar-refractivity contribution is 6.09. The Labute approximate surface area is 192 Å². The van der Waals surface area contributed by atoms with Gasteiger partial charge < -0.3 is 10.6 Å². The SMILES string of the molecule is CCC(C)(C)C1CCC2(CC1)NC(=O)N(CC(=O)NCC13CC4CC(CC(C4)C1)C3)C2=O. The summed E-state index contributed by atoms with van der Waals surface area (Å²) >= 11 is 0. The van der Waals surface area contributed by atoms with Crippen LogP contribution in [0.4, 0.5) is 4.79 Å². The fourth-order valence-corrected chi connectivity index (χ4v) is 8.33. The Morgan fingerprint density at radius 2 is 1.62 bits per heavy atom. The first-order valence-corrected chi connectivity index (χ1v) is 13.0. The Kier molecular flexibility index (Phi) is 5.37. The van der Waals surface area contributed by atoms with E-state index >= 15 is 0 Å². The number of nitrogens with one attached hydrogen (secondary N) is 2. The maximum absolute atomic E-state index is 13.2. The summed E-state index contributed by atoms with van der Waals surface area (Å²) in [5.74, 6) is 2.72. The predicted octanol–water partition coefficient (Wildman–Crippen LogP) is 4.24. The summed E-state index contributed by atoms with van der Waals surface area (Å²) in [6.45, 7) is 7.37. The molecule has 1 aliphatic heterocycles. The maximum Gasteiger partial charge on any atom is 0.325 e. The third kappa shape index (κ3) is 3.75. The van der Waals surface area contributed by atoms with Crippen LogP contribution in [0.1, 0.15) is 91.4 Å². The second kappa shape index (κ2) is 7.73. The van der Waals surface area contributed by atoms with E-state index in [-0.39, 0.29) is 29.2 Å². The van der Waals surface area contributed by atoms with Crippen LogP contribution in [0.15, 0.2) is 0 Å². The van der Waals surface area contributed by atoms with Gasteiger partial charge in [0.25, 0.3) is 5.91 Å². The van der Waals surface area contributed by atoms with Crippen LogP contribution >= 0.6 is 0 Å². The molecular weight excluding hydrogens is 402 g/mol. The standard InChI is InChI=1S/C26H41N3O3/c1-4-24(2,3)20-5-7-26(8-6-20)22(31)29(23(32)28-26)15-21(30)27-16-25-12-17-9-18(13-25)11-19(10-17)14-25/h17-20H,4-16H2,1-3H3,(H,27,30)(H,28,32). The zero-order valence-corrected chi connectivity index (χ0v) is 20.2. The summed E-state index contributed by atoms with van der Waals surface area (Å²) in [5.41, 5.74) is -0.283. The quantitative estimate of drug-likeness (QED) is 0.603. The van der Waals surface area contributed by atoms with Crippen molar-refractivity contribution in [2.45, 2.75) is 96.9 Å². The molecule has 4 bridgehead atoms. The van der Waals surface area contributed by atoms with E-state index in [0.717, 1.165) is 37.0 Å². The number of amides is 4. The van der Waals surface area contributed by atoms with Crippen molar-refractivity contribution in [2.24, 2.45) is 34.5 Å². The van der Waals surface area contributed by atoms with E-state index < -0.39 is 11.6 Å². The number of imide groups is 1. The second-order valence-electron chi connectivity index (χ2n) is 12.7.